The first-order valence-corrected chi connectivity index (χ1v) is 10.5. The Kier molecular flexibility index (Phi) is 5.22. The lowest BCUT2D eigenvalue weighted by atomic mass is 9.81. The summed E-state index contributed by atoms with van der Waals surface area (Å²) >= 11 is 6.99. The molecule has 0 aromatic heterocycles. The van der Waals surface area contributed by atoms with Gasteiger partial charge in [0, 0.05) is 16.2 Å². The van der Waals surface area contributed by atoms with Gasteiger partial charge in [0.25, 0.3) is 0 Å². The number of hydroxylamine groups is 2. The van der Waals surface area contributed by atoms with Gasteiger partial charge >= 0.3 is 0 Å². The molecule has 2 aromatic carbocycles. The van der Waals surface area contributed by atoms with Gasteiger partial charge < -0.3 is 0 Å². The van der Waals surface area contributed by atoms with Crippen LogP contribution >= 0.6 is 31.9 Å². The zero-order chi connectivity index (χ0) is 17.4. The van der Waals surface area contributed by atoms with Gasteiger partial charge in [-0.2, -0.15) is 0 Å². The van der Waals surface area contributed by atoms with Crippen molar-refractivity contribution < 1.29 is 5.21 Å². The lowest BCUT2D eigenvalue weighted by molar-refractivity contribution is -0.246. The molecule has 0 unspecified atom stereocenters. The van der Waals surface area contributed by atoms with E-state index in [4.69, 9.17) is 0 Å². The van der Waals surface area contributed by atoms with E-state index >= 15 is 0 Å². The molecule has 2 nitrogen and oxygen atoms in total. The molecule has 127 valence electrons. The Bertz CT molecular complexity index is 647. The van der Waals surface area contributed by atoms with Crippen molar-refractivity contribution in [2.75, 3.05) is 0 Å². The molecular formula is C20H22Br2NO. The molecule has 0 amide bonds. The topological polar surface area (TPSA) is 23.1 Å². The number of rotatable bonds is 4. The molecule has 0 bridgehead atoms. The van der Waals surface area contributed by atoms with E-state index in [0.29, 0.717) is 0 Å². The molecular weight excluding hydrogens is 430 g/mol. The van der Waals surface area contributed by atoms with E-state index in [2.05, 4.69) is 80.4 Å². The maximum absolute atomic E-state index is 13.4. The average Bonchev–Trinajstić information content (AvgIpc) is 2.86. The first-order chi connectivity index (χ1) is 11.4. The molecule has 1 aliphatic heterocycles. The number of halogens is 2. The molecule has 3 rings (SSSR count). The molecule has 24 heavy (non-hydrogen) atoms. The Morgan fingerprint density at radius 1 is 0.833 bits per heavy atom. The van der Waals surface area contributed by atoms with Gasteiger partial charge in [-0.1, -0.05) is 80.4 Å². The molecule has 4 heteroatoms. The van der Waals surface area contributed by atoms with Gasteiger partial charge in [0.15, 0.2) is 0 Å². The van der Waals surface area contributed by atoms with Gasteiger partial charge in [-0.25, -0.2) is 0 Å². The van der Waals surface area contributed by atoms with Crippen molar-refractivity contribution in [1.29, 1.82) is 0 Å². The van der Waals surface area contributed by atoms with Crippen molar-refractivity contribution in [3.05, 3.63) is 70.8 Å². The van der Waals surface area contributed by atoms with Gasteiger partial charge in [0.05, 0.1) is 5.54 Å². The zero-order valence-corrected chi connectivity index (χ0v) is 17.2. The van der Waals surface area contributed by atoms with Gasteiger partial charge in [0.1, 0.15) is 0 Å². The molecule has 1 aliphatic rings. The summed E-state index contributed by atoms with van der Waals surface area (Å²) in [5, 5.41) is 16.3. The van der Waals surface area contributed by atoms with Crippen molar-refractivity contribution in [1.82, 2.24) is 5.06 Å². The van der Waals surface area contributed by atoms with Crippen LogP contribution in [0.25, 0.3) is 0 Å². The van der Waals surface area contributed by atoms with Crippen LogP contribution < -0.4 is 0 Å². The van der Waals surface area contributed by atoms with E-state index in [-0.39, 0.29) is 5.54 Å². The minimum Gasteiger partial charge on any atom is -0.134 e. The van der Waals surface area contributed by atoms with Crippen molar-refractivity contribution >= 4 is 31.9 Å². The second kappa shape index (κ2) is 6.91. The SMILES string of the molecule is CC1(C)CCC(c2ccc(CBr)cc2)(c2ccc(CBr)cc2)N1[O]. The highest BCUT2D eigenvalue weighted by Crippen LogP contribution is 2.50. The zero-order valence-electron chi connectivity index (χ0n) is 14.1. The fourth-order valence-electron chi connectivity index (χ4n) is 3.64. The minimum absolute atomic E-state index is 0.359. The molecule has 0 aliphatic carbocycles. The second-order valence-electron chi connectivity index (χ2n) is 7.13. The van der Waals surface area contributed by atoms with Crippen LogP contribution in [-0.2, 0) is 21.4 Å². The van der Waals surface area contributed by atoms with Gasteiger partial charge in [-0.15, -0.1) is 10.3 Å². The van der Waals surface area contributed by atoms with Crippen LogP contribution in [0.5, 0.6) is 0 Å². The summed E-state index contributed by atoms with van der Waals surface area (Å²) < 4.78 is 0. The summed E-state index contributed by atoms with van der Waals surface area (Å²) in [6, 6.07) is 16.9. The molecule has 0 spiro atoms. The van der Waals surface area contributed by atoms with E-state index in [0.717, 1.165) is 34.6 Å². The highest BCUT2D eigenvalue weighted by Gasteiger charge is 2.53. The fraction of sp³-hybridized carbons (Fsp3) is 0.400. The molecule has 0 saturated carbocycles. The molecule has 0 N–H and O–H groups in total. The van der Waals surface area contributed by atoms with Crippen molar-refractivity contribution in [2.24, 2.45) is 0 Å². The van der Waals surface area contributed by atoms with E-state index in [1.165, 1.54) is 16.2 Å². The van der Waals surface area contributed by atoms with E-state index in [9.17, 15) is 5.21 Å². The standard InChI is InChI=1S/C20H22Br2NO/c1-19(2)11-12-20(23(19)24,17-7-3-15(13-21)4-8-17)18-9-5-16(14-22)6-10-18/h3-10H,11-14H2,1-2H3. The number of nitrogens with zero attached hydrogens (tertiary/aromatic N) is 1. The maximum atomic E-state index is 13.4. The largest absolute Gasteiger partial charge is 0.134 e. The Morgan fingerprint density at radius 3 is 1.54 bits per heavy atom. The van der Waals surface area contributed by atoms with E-state index < -0.39 is 5.54 Å². The van der Waals surface area contributed by atoms with E-state index in [1.54, 1.807) is 0 Å². The van der Waals surface area contributed by atoms with Gasteiger partial charge in [-0.05, 0) is 48.9 Å². The fourth-order valence-corrected chi connectivity index (χ4v) is 4.38. The maximum Gasteiger partial charge on any atom is 0.0997 e. The summed E-state index contributed by atoms with van der Waals surface area (Å²) in [6.07, 6.45) is 1.72. The van der Waals surface area contributed by atoms with Crippen molar-refractivity contribution in [3.63, 3.8) is 0 Å². The highest BCUT2D eigenvalue weighted by atomic mass is 79.9. The van der Waals surface area contributed by atoms with Crippen molar-refractivity contribution in [2.45, 2.75) is 48.4 Å². The summed E-state index contributed by atoms with van der Waals surface area (Å²) in [5.74, 6) is 0. The minimum atomic E-state index is -0.598. The molecule has 1 heterocycles. The predicted molar refractivity (Wildman–Crippen MR) is 105 cm³/mol. The third-order valence-electron chi connectivity index (χ3n) is 5.17. The highest BCUT2D eigenvalue weighted by molar-refractivity contribution is 9.08. The van der Waals surface area contributed by atoms with Crippen LogP contribution in [0.2, 0.25) is 0 Å². The Morgan fingerprint density at radius 2 is 1.25 bits per heavy atom. The first-order valence-electron chi connectivity index (χ1n) is 8.22. The normalized spacial score (nSPS) is 19.5. The summed E-state index contributed by atoms with van der Waals surface area (Å²) in [4.78, 5) is 0. The number of hydrogen-bond acceptors (Lipinski definition) is 1. The molecule has 2 aromatic rings. The lowest BCUT2D eigenvalue weighted by Gasteiger charge is -2.38. The van der Waals surface area contributed by atoms with Gasteiger partial charge in [0.2, 0.25) is 0 Å². The molecule has 1 fully saturated rings. The van der Waals surface area contributed by atoms with Crippen LogP contribution in [0.15, 0.2) is 48.5 Å². The third-order valence-corrected chi connectivity index (χ3v) is 6.46. The molecule has 1 radical (unpaired) electrons. The first kappa shape index (κ1) is 18.1. The summed E-state index contributed by atoms with van der Waals surface area (Å²) in [6.45, 7) is 4.09. The Labute approximate surface area is 161 Å². The van der Waals surface area contributed by atoms with Crippen LogP contribution in [0.4, 0.5) is 0 Å². The Balaban J connectivity index is 2.13. The lowest BCUT2D eigenvalue weighted by Crippen LogP contribution is -2.47. The average molecular weight is 452 g/mol. The molecule has 0 atom stereocenters. The number of benzene rings is 2. The summed E-state index contributed by atoms with van der Waals surface area (Å²) in [7, 11) is 0. The van der Waals surface area contributed by atoms with Crippen LogP contribution in [0.1, 0.15) is 48.9 Å². The van der Waals surface area contributed by atoms with Crippen LogP contribution in [0, 0.1) is 0 Å². The smallest absolute Gasteiger partial charge is 0.0997 e. The number of hydrogen-bond donors (Lipinski definition) is 0. The third kappa shape index (κ3) is 2.98. The Hall–Kier alpha value is -0.680. The second-order valence-corrected chi connectivity index (χ2v) is 8.25. The predicted octanol–water partition coefficient (Wildman–Crippen LogP) is 5.94. The monoisotopic (exact) mass is 450 g/mol. The molecule has 1 saturated heterocycles. The van der Waals surface area contributed by atoms with Crippen LogP contribution in [-0.4, -0.2) is 10.6 Å². The number of alkyl halides is 2. The quantitative estimate of drug-likeness (QED) is 0.527. The van der Waals surface area contributed by atoms with E-state index in [1.807, 2.05) is 13.8 Å². The van der Waals surface area contributed by atoms with Crippen LogP contribution in [0.3, 0.4) is 0 Å². The summed E-state index contributed by atoms with van der Waals surface area (Å²) in [5.41, 5.74) is 3.65. The van der Waals surface area contributed by atoms with Gasteiger partial charge in [-0.3, -0.25) is 0 Å². The van der Waals surface area contributed by atoms with Crippen molar-refractivity contribution in [3.8, 4) is 0 Å².